The fourth-order valence-corrected chi connectivity index (χ4v) is 2.00. The van der Waals surface area contributed by atoms with Crippen LogP contribution in [-0.2, 0) is 4.79 Å². The lowest BCUT2D eigenvalue weighted by Crippen LogP contribution is -2.23. The third-order valence-electron chi connectivity index (χ3n) is 3.01. The van der Waals surface area contributed by atoms with E-state index in [1.165, 1.54) is 6.42 Å². The SMILES string of the molecule is CCC(=CCN1CCC(C)(C)C1)C(=O)O. The van der Waals surface area contributed by atoms with Crippen molar-refractivity contribution in [3.63, 3.8) is 0 Å². The van der Waals surface area contributed by atoms with E-state index in [1.54, 1.807) is 0 Å². The van der Waals surface area contributed by atoms with Crippen LogP contribution in [0.3, 0.4) is 0 Å². The van der Waals surface area contributed by atoms with Gasteiger partial charge in [0.15, 0.2) is 0 Å². The van der Waals surface area contributed by atoms with E-state index >= 15 is 0 Å². The van der Waals surface area contributed by atoms with E-state index in [0.717, 1.165) is 19.6 Å². The largest absolute Gasteiger partial charge is 0.478 e. The van der Waals surface area contributed by atoms with Crippen molar-refractivity contribution >= 4 is 5.97 Å². The highest BCUT2D eigenvalue weighted by Gasteiger charge is 2.28. The molecule has 0 aromatic heterocycles. The molecule has 15 heavy (non-hydrogen) atoms. The van der Waals surface area contributed by atoms with Gasteiger partial charge in [0, 0.05) is 18.7 Å². The Morgan fingerprint density at radius 3 is 2.60 bits per heavy atom. The molecule has 1 N–H and O–H groups in total. The van der Waals surface area contributed by atoms with Crippen LogP contribution >= 0.6 is 0 Å². The molecule has 0 spiro atoms. The summed E-state index contributed by atoms with van der Waals surface area (Å²) in [6.07, 6.45) is 3.66. The van der Waals surface area contributed by atoms with Crippen molar-refractivity contribution in [2.24, 2.45) is 5.41 Å². The molecule has 0 bridgehead atoms. The fraction of sp³-hybridized carbons (Fsp3) is 0.750. The Balaban J connectivity index is 2.47. The first-order chi connectivity index (χ1) is 6.94. The Morgan fingerprint density at radius 2 is 2.20 bits per heavy atom. The molecule has 0 atom stereocenters. The van der Waals surface area contributed by atoms with Gasteiger partial charge in [-0.15, -0.1) is 0 Å². The van der Waals surface area contributed by atoms with Gasteiger partial charge in [-0.05, 0) is 24.8 Å². The van der Waals surface area contributed by atoms with Crippen LogP contribution in [0.4, 0.5) is 0 Å². The van der Waals surface area contributed by atoms with Gasteiger partial charge in [0.05, 0.1) is 0 Å². The molecular weight excluding hydrogens is 190 g/mol. The average Bonchev–Trinajstić information content (AvgIpc) is 2.46. The van der Waals surface area contributed by atoms with Gasteiger partial charge in [-0.25, -0.2) is 4.79 Å². The normalized spacial score (nSPS) is 21.9. The molecule has 0 aromatic carbocycles. The van der Waals surface area contributed by atoms with Crippen molar-refractivity contribution < 1.29 is 9.90 Å². The lowest BCUT2D eigenvalue weighted by atomic mass is 9.93. The Kier molecular flexibility index (Phi) is 3.91. The molecule has 1 aliphatic rings. The second-order valence-electron chi connectivity index (χ2n) is 5.04. The van der Waals surface area contributed by atoms with Crippen LogP contribution in [0.2, 0.25) is 0 Å². The molecule has 0 aromatic rings. The van der Waals surface area contributed by atoms with Gasteiger partial charge in [-0.2, -0.15) is 0 Å². The number of hydrogen-bond acceptors (Lipinski definition) is 2. The number of likely N-dealkylation sites (tertiary alicyclic amines) is 1. The molecule has 0 aliphatic carbocycles. The third kappa shape index (κ3) is 3.67. The summed E-state index contributed by atoms with van der Waals surface area (Å²) in [5.74, 6) is -0.782. The van der Waals surface area contributed by atoms with Crippen molar-refractivity contribution in [1.82, 2.24) is 4.90 Å². The smallest absolute Gasteiger partial charge is 0.331 e. The van der Waals surface area contributed by atoms with E-state index in [9.17, 15) is 4.79 Å². The number of carboxylic acid groups (broad SMARTS) is 1. The molecule has 1 heterocycles. The van der Waals surface area contributed by atoms with Crippen molar-refractivity contribution in [3.05, 3.63) is 11.6 Å². The Morgan fingerprint density at radius 1 is 1.53 bits per heavy atom. The number of nitrogens with zero attached hydrogens (tertiary/aromatic N) is 1. The number of hydrogen-bond donors (Lipinski definition) is 1. The molecule has 0 unspecified atom stereocenters. The summed E-state index contributed by atoms with van der Waals surface area (Å²) in [6.45, 7) is 9.33. The third-order valence-corrected chi connectivity index (χ3v) is 3.01. The minimum absolute atomic E-state index is 0.392. The first-order valence-electron chi connectivity index (χ1n) is 5.59. The number of carboxylic acids is 1. The van der Waals surface area contributed by atoms with Crippen LogP contribution in [-0.4, -0.2) is 35.6 Å². The maximum absolute atomic E-state index is 10.8. The van der Waals surface area contributed by atoms with Crippen LogP contribution in [0.25, 0.3) is 0 Å². The van der Waals surface area contributed by atoms with Crippen LogP contribution < -0.4 is 0 Å². The molecule has 0 saturated carbocycles. The molecule has 0 radical (unpaired) electrons. The monoisotopic (exact) mass is 211 g/mol. The Hall–Kier alpha value is -0.830. The van der Waals surface area contributed by atoms with Gasteiger partial charge in [0.2, 0.25) is 0 Å². The molecule has 3 nitrogen and oxygen atoms in total. The van der Waals surface area contributed by atoms with Crippen molar-refractivity contribution in [2.75, 3.05) is 19.6 Å². The van der Waals surface area contributed by atoms with E-state index in [4.69, 9.17) is 5.11 Å². The predicted octanol–water partition coefficient (Wildman–Crippen LogP) is 2.14. The van der Waals surface area contributed by atoms with Gasteiger partial charge >= 0.3 is 5.97 Å². The first-order valence-corrected chi connectivity index (χ1v) is 5.59. The number of rotatable bonds is 4. The summed E-state index contributed by atoms with van der Waals surface area (Å²) in [6, 6.07) is 0. The van der Waals surface area contributed by atoms with E-state index in [-0.39, 0.29) is 0 Å². The first kappa shape index (κ1) is 12.2. The zero-order valence-corrected chi connectivity index (χ0v) is 9.92. The van der Waals surface area contributed by atoms with Gasteiger partial charge in [-0.3, -0.25) is 4.90 Å². The molecule has 1 aliphatic heterocycles. The lowest BCUT2D eigenvalue weighted by Gasteiger charge is -2.18. The summed E-state index contributed by atoms with van der Waals surface area (Å²) < 4.78 is 0. The minimum Gasteiger partial charge on any atom is -0.478 e. The van der Waals surface area contributed by atoms with Crippen LogP contribution in [0.1, 0.15) is 33.6 Å². The maximum atomic E-state index is 10.8. The zero-order valence-electron chi connectivity index (χ0n) is 9.92. The van der Waals surface area contributed by atoms with Crippen LogP contribution in [0.5, 0.6) is 0 Å². The molecule has 1 fully saturated rings. The minimum atomic E-state index is -0.782. The van der Waals surface area contributed by atoms with Gasteiger partial charge < -0.3 is 5.11 Å². The van der Waals surface area contributed by atoms with Crippen LogP contribution in [0, 0.1) is 5.41 Å². The lowest BCUT2D eigenvalue weighted by molar-refractivity contribution is -0.132. The van der Waals surface area contributed by atoms with E-state index in [2.05, 4.69) is 18.7 Å². The highest BCUT2D eigenvalue weighted by atomic mass is 16.4. The molecular formula is C12H21NO2. The number of carbonyl (C=O) groups is 1. The Labute approximate surface area is 91.8 Å². The zero-order chi connectivity index (χ0) is 11.5. The van der Waals surface area contributed by atoms with Gasteiger partial charge in [0.25, 0.3) is 0 Å². The molecule has 1 saturated heterocycles. The quantitative estimate of drug-likeness (QED) is 0.724. The van der Waals surface area contributed by atoms with E-state index < -0.39 is 5.97 Å². The molecule has 1 rings (SSSR count). The summed E-state index contributed by atoms with van der Waals surface area (Å²) in [5, 5.41) is 8.86. The van der Waals surface area contributed by atoms with Gasteiger partial charge in [0.1, 0.15) is 0 Å². The highest BCUT2D eigenvalue weighted by Crippen LogP contribution is 2.28. The number of aliphatic carboxylic acids is 1. The second kappa shape index (κ2) is 4.79. The topological polar surface area (TPSA) is 40.5 Å². The molecule has 3 heteroatoms. The van der Waals surface area contributed by atoms with Crippen molar-refractivity contribution in [3.8, 4) is 0 Å². The van der Waals surface area contributed by atoms with Gasteiger partial charge in [-0.1, -0.05) is 26.8 Å². The van der Waals surface area contributed by atoms with Crippen molar-refractivity contribution in [2.45, 2.75) is 33.6 Å². The summed E-state index contributed by atoms with van der Waals surface area (Å²) in [4.78, 5) is 13.1. The molecule has 86 valence electrons. The highest BCUT2D eigenvalue weighted by molar-refractivity contribution is 5.86. The predicted molar refractivity (Wildman–Crippen MR) is 60.8 cm³/mol. The second-order valence-corrected chi connectivity index (χ2v) is 5.04. The fourth-order valence-electron chi connectivity index (χ4n) is 2.00. The summed E-state index contributed by atoms with van der Waals surface area (Å²) >= 11 is 0. The van der Waals surface area contributed by atoms with E-state index in [0.29, 0.717) is 17.4 Å². The maximum Gasteiger partial charge on any atom is 0.331 e. The van der Waals surface area contributed by atoms with E-state index in [1.807, 2.05) is 13.0 Å². The standard InChI is InChI=1S/C12H21NO2/c1-4-10(11(14)15)5-7-13-8-6-12(2,3)9-13/h5H,4,6-9H2,1-3H3,(H,14,15). The summed E-state index contributed by atoms with van der Waals surface area (Å²) in [5.41, 5.74) is 0.920. The van der Waals surface area contributed by atoms with Crippen LogP contribution in [0.15, 0.2) is 11.6 Å². The average molecular weight is 211 g/mol. The summed E-state index contributed by atoms with van der Waals surface area (Å²) in [7, 11) is 0. The Bertz CT molecular complexity index is 269. The van der Waals surface area contributed by atoms with Crippen molar-refractivity contribution in [1.29, 1.82) is 0 Å². The molecule has 0 amide bonds.